The van der Waals surface area contributed by atoms with E-state index in [1.807, 2.05) is 0 Å². The van der Waals surface area contributed by atoms with Crippen LogP contribution in [0.15, 0.2) is 0 Å². The van der Waals surface area contributed by atoms with Gasteiger partial charge in [-0.2, -0.15) is 0 Å². The summed E-state index contributed by atoms with van der Waals surface area (Å²) in [6, 6.07) is 0.441. The molecule has 26 heavy (non-hydrogen) atoms. The van der Waals surface area contributed by atoms with E-state index in [4.69, 9.17) is 0 Å². The zero-order valence-electron chi connectivity index (χ0n) is 18.6. The topological polar surface area (TPSA) is 35.5 Å². The van der Waals surface area contributed by atoms with Crippen molar-refractivity contribution in [1.82, 2.24) is 10.2 Å². The highest BCUT2D eigenvalue weighted by atomic mass is 16.3. The van der Waals surface area contributed by atoms with Crippen LogP contribution in [0.5, 0.6) is 0 Å². The third kappa shape index (κ3) is 20.2. The van der Waals surface area contributed by atoms with E-state index in [0.29, 0.717) is 6.04 Å². The average molecular weight is 371 g/mol. The van der Waals surface area contributed by atoms with Gasteiger partial charge in [0.05, 0.1) is 6.10 Å². The SMILES string of the molecule is CCCCCCCCCCCCCCCCC(O)CNC(C)CN(C)C. The number of rotatable bonds is 20. The zero-order chi connectivity index (χ0) is 19.5. The summed E-state index contributed by atoms with van der Waals surface area (Å²) in [5.41, 5.74) is 0. The van der Waals surface area contributed by atoms with E-state index in [0.717, 1.165) is 19.5 Å². The molecule has 0 aromatic carbocycles. The molecule has 0 amide bonds. The molecule has 0 saturated carbocycles. The van der Waals surface area contributed by atoms with Crippen LogP contribution in [-0.4, -0.2) is 49.3 Å². The summed E-state index contributed by atoms with van der Waals surface area (Å²) in [6.45, 7) is 6.21. The van der Waals surface area contributed by atoms with Gasteiger partial charge in [0.1, 0.15) is 0 Å². The molecule has 2 unspecified atom stereocenters. The van der Waals surface area contributed by atoms with E-state index in [-0.39, 0.29) is 6.10 Å². The van der Waals surface area contributed by atoms with Crippen molar-refractivity contribution in [3.63, 3.8) is 0 Å². The first-order valence-corrected chi connectivity index (χ1v) is 11.6. The number of likely N-dealkylation sites (N-methyl/N-ethyl adjacent to an activating group) is 1. The Morgan fingerprint density at radius 1 is 0.731 bits per heavy atom. The zero-order valence-corrected chi connectivity index (χ0v) is 18.6. The molecule has 0 rings (SSSR count). The summed E-state index contributed by atoms with van der Waals surface area (Å²) in [5, 5.41) is 13.5. The molecule has 0 fully saturated rings. The molecule has 2 atom stereocenters. The standard InChI is InChI=1S/C23H50N2O/c1-5-6-7-8-9-10-11-12-13-14-15-16-17-18-19-23(26)20-24-22(2)21-25(3)4/h22-24,26H,5-21H2,1-4H3. The van der Waals surface area contributed by atoms with E-state index in [2.05, 4.69) is 38.2 Å². The Bertz CT molecular complexity index is 271. The third-order valence-corrected chi connectivity index (χ3v) is 5.23. The van der Waals surface area contributed by atoms with Gasteiger partial charge in [-0.3, -0.25) is 0 Å². The van der Waals surface area contributed by atoms with Gasteiger partial charge >= 0.3 is 0 Å². The molecule has 0 spiro atoms. The van der Waals surface area contributed by atoms with Gasteiger partial charge in [0.25, 0.3) is 0 Å². The minimum absolute atomic E-state index is 0.183. The van der Waals surface area contributed by atoms with Crippen molar-refractivity contribution < 1.29 is 5.11 Å². The predicted octanol–water partition coefficient (Wildman–Crippen LogP) is 5.76. The lowest BCUT2D eigenvalue weighted by Crippen LogP contribution is -2.39. The first-order valence-electron chi connectivity index (χ1n) is 11.6. The van der Waals surface area contributed by atoms with Crippen molar-refractivity contribution in [3.05, 3.63) is 0 Å². The number of nitrogens with zero attached hydrogens (tertiary/aromatic N) is 1. The third-order valence-electron chi connectivity index (χ3n) is 5.23. The molecule has 0 aromatic rings. The molecule has 2 N–H and O–H groups in total. The summed E-state index contributed by atoms with van der Waals surface area (Å²) in [6.07, 6.45) is 20.2. The first-order chi connectivity index (χ1) is 12.6. The minimum atomic E-state index is -0.183. The fraction of sp³-hybridized carbons (Fsp3) is 1.00. The Morgan fingerprint density at radius 2 is 1.15 bits per heavy atom. The quantitative estimate of drug-likeness (QED) is 0.267. The van der Waals surface area contributed by atoms with Crippen LogP contribution in [0.1, 0.15) is 110 Å². The number of aliphatic hydroxyl groups is 1. The molecular formula is C23H50N2O. The van der Waals surface area contributed by atoms with Crippen molar-refractivity contribution >= 4 is 0 Å². The lowest BCUT2D eigenvalue weighted by Gasteiger charge is -2.20. The van der Waals surface area contributed by atoms with Crippen molar-refractivity contribution in [2.45, 2.75) is 122 Å². The molecule has 0 aliphatic carbocycles. The number of nitrogens with one attached hydrogen (secondary N) is 1. The Kier molecular flexibility index (Phi) is 19.5. The van der Waals surface area contributed by atoms with Crippen molar-refractivity contribution in [2.24, 2.45) is 0 Å². The molecule has 0 aromatic heterocycles. The maximum Gasteiger partial charge on any atom is 0.0664 e. The van der Waals surface area contributed by atoms with Crippen LogP contribution in [-0.2, 0) is 0 Å². The number of aliphatic hydroxyl groups excluding tert-OH is 1. The molecule has 0 aliphatic heterocycles. The lowest BCUT2D eigenvalue weighted by atomic mass is 10.0. The summed E-state index contributed by atoms with van der Waals surface area (Å²) < 4.78 is 0. The maximum absolute atomic E-state index is 10.0. The molecule has 0 bridgehead atoms. The van der Waals surface area contributed by atoms with Gasteiger partial charge in [-0.1, -0.05) is 96.8 Å². The van der Waals surface area contributed by atoms with Gasteiger partial charge in [0.2, 0.25) is 0 Å². The second-order valence-corrected chi connectivity index (χ2v) is 8.61. The Balaban J connectivity index is 3.21. The summed E-state index contributed by atoms with van der Waals surface area (Å²) in [4.78, 5) is 2.18. The van der Waals surface area contributed by atoms with Crippen molar-refractivity contribution in [1.29, 1.82) is 0 Å². The second kappa shape index (κ2) is 19.6. The summed E-state index contributed by atoms with van der Waals surface area (Å²) >= 11 is 0. The van der Waals surface area contributed by atoms with Crippen LogP contribution in [0, 0.1) is 0 Å². The average Bonchev–Trinajstić information content (AvgIpc) is 2.59. The van der Waals surface area contributed by atoms with E-state index in [1.165, 1.54) is 89.9 Å². The molecule has 3 heteroatoms. The monoisotopic (exact) mass is 370 g/mol. The largest absolute Gasteiger partial charge is 0.392 e. The van der Waals surface area contributed by atoms with Gasteiger partial charge in [0, 0.05) is 19.1 Å². The van der Waals surface area contributed by atoms with Gasteiger partial charge in [-0.05, 0) is 27.4 Å². The van der Waals surface area contributed by atoms with Crippen molar-refractivity contribution in [2.75, 3.05) is 27.2 Å². The molecule has 0 radical (unpaired) electrons. The fourth-order valence-corrected chi connectivity index (χ4v) is 3.63. The second-order valence-electron chi connectivity index (χ2n) is 8.61. The van der Waals surface area contributed by atoms with Crippen LogP contribution >= 0.6 is 0 Å². The fourth-order valence-electron chi connectivity index (χ4n) is 3.63. The number of hydrogen-bond donors (Lipinski definition) is 2. The molecule has 158 valence electrons. The van der Waals surface area contributed by atoms with E-state index < -0.39 is 0 Å². The highest BCUT2D eigenvalue weighted by molar-refractivity contribution is 4.67. The van der Waals surface area contributed by atoms with Gasteiger partial charge in [-0.25, -0.2) is 0 Å². The smallest absolute Gasteiger partial charge is 0.0664 e. The maximum atomic E-state index is 10.0. The van der Waals surface area contributed by atoms with Crippen LogP contribution in [0.2, 0.25) is 0 Å². The number of hydrogen-bond acceptors (Lipinski definition) is 3. The first kappa shape index (κ1) is 25.9. The van der Waals surface area contributed by atoms with Crippen molar-refractivity contribution in [3.8, 4) is 0 Å². The van der Waals surface area contributed by atoms with Crippen LogP contribution < -0.4 is 5.32 Å². The molecule has 0 heterocycles. The van der Waals surface area contributed by atoms with Crippen LogP contribution in [0.4, 0.5) is 0 Å². The minimum Gasteiger partial charge on any atom is -0.392 e. The molecule has 0 aliphatic rings. The Labute approximate surface area is 165 Å². The van der Waals surface area contributed by atoms with E-state index >= 15 is 0 Å². The molecule has 0 saturated heterocycles. The van der Waals surface area contributed by atoms with Gasteiger partial charge < -0.3 is 15.3 Å². The summed E-state index contributed by atoms with van der Waals surface area (Å²) in [5.74, 6) is 0. The van der Waals surface area contributed by atoms with E-state index in [9.17, 15) is 5.11 Å². The Morgan fingerprint density at radius 3 is 1.58 bits per heavy atom. The van der Waals surface area contributed by atoms with Gasteiger partial charge in [-0.15, -0.1) is 0 Å². The highest BCUT2D eigenvalue weighted by Crippen LogP contribution is 2.13. The number of unbranched alkanes of at least 4 members (excludes halogenated alkanes) is 13. The predicted molar refractivity (Wildman–Crippen MR) is 117 cm³/mol. The highest BCUT2D eigenvalue weighted by Gasteiger charge is 2.07. The molecular weight excluding hydrogens is 320 g/mol. The lowest BCUT2D eigenvalue weighted by molar-refractivity contribution is 0.152. The van der Waals surface area contributed by atoms with Crippen LogP contribution in [0.25, 0.3) is 0 Å². The normalized spacial score (nSPS) is 14.1. The van der Waals surface area contributed by atoms with Gasteiger partial charge in [0.15, 0.2) is 0 Å². The van der Waals surface area contributed by atoms with E-state index in [1.54, 1.807) is 0 Å². The van der Waals surface area contributed by atoms with Crippen LogP contribution in [0.3, 0.4) is 0 Å². The Hall–Kier alpha value is -0.120. The summed E-state index contributed by atoms with van der Waals surface area (Å²) in [7, 11) is 4.17. The molecule has 3 nitrogen and oxygen atoms in total.